The second-order valence-electron chi connectivity index (χ2n) is 0. The minimum atomic E-state index is 0.333. The van der Waals surface area contributed by atoms with Crippen LogP contribution in [0.5, 0.6) is 0 Å². The van der Waals surface area contributed by atoms with Gasteiger partial charge in [-0.25, -0.2) is 0 Å². The normalized spacial score (nSPS) is 2.50. The Balaban J connectivity index is 0. The quantitative estimate of drug-likeness (QED) is 0.610. The van der Waals surface area contributed by atoms with Crippen molar-refractivity contribution < 1.29 is 28.3 Å². The molecule has 0 aliphatic rings. The molecule has 0 aliphatic carbocycles. The van der Waals surface area contributed by atoms with Gasteiger partial charge in [-0.05, 0) is 0 Å². The summed E-state index contributed by atoms with van der Waals surface area (Å²) < 4.78 is 8.33. The van der Waals surface area contributed by atoms with E-state index in [2.05, 4.69) is 0 Å². The zero-order chi connectivity index (χ0) is 4.00. The third-order valence-electron chi connectivity index (χ3n) is 0. The van der Waals surface area contributed by atoms with Crippen LogP contribution in [-0.4, -0.2) is 12.2 Å². The molecule has 0 heterocycles. The third-order valence-corrected chi connectivity index (χ3v) is 0. The molecule has 0 fully saturated rings. The fraction of sp³-hybridized carbons (Fsp3) is 1.00. The molecule has 0 saturated heterocycles. The van der Waals surface area contributed by atoms with E-state index < -0.39 is 0 Å². The van der Waals surface area contributed by atoms with Gasteiger partial charge in [0.1, 0.15) is 0 Å². The summed E-state index contributed by atoms with van der Waals surface area (Å²) in [6.45, 7) is 0. The Hall–Kier alpha value is 0.448. The van der Waals surface area contributed by atoms with E-state index in [0.717, 1.165) is 7.11 Å². The molecule has 0 aliphatic heterocycles. The summed E-state index contributed by atoms with van der Waals surface area (Å²) in [5.41, 5.74) is 0. The van der Waals surface area contributed by atoms with Crippen molar-refractivity contribution in [3.63, 3.8) is 0 Å². The molecule has 1 N–H and O–H groups in total. The van der Waals surface area contributed by atoms with E-state index >= 15 is 0 Å². The standard InChI is InChI=1S/CH4O.O.W/c1-2;;/h2H,1H3;;. The first kappa shape index (κ1) is 8.82. The van der Waals surface area contributed by atoms with E-state index in [0.29, 0.717) is 19.8 Å². The second-order valence-corrected chi connectivity index (χ2v) is 0. The Kier molecular flexibility index (Phi) is 227. The predicted molar refractivity (Wildman–Crippen MR) is 8.83 cm³/mol. The Morgan fingerprint density at radius 3 is 1.50 bits per heavy atom. The van der Waals surface area contributed by atoms with Gasteiger partial charge in [0.15, 0.2) is 0 Å². The number of rotatable bonds is 0. The minimum absolute atomic E-state index is 0.333. The Labute approximate surface area is 36.0 Å². The molecule has 0 unspecified atom stereocenters. The molecule has 26 valence electrons. The van der Waals surface area contributed by atoms with Gasteiger partial charge in [-0.1, -0.05) is 0 Å². The van der Waals surface area contributed by atoms with Crippen LogP contribution in [0, 0.1) is 0 Å². The van der Waals surface area contributed by atoms with Crippen molar-refractivity contribution in [2.24, 2.45) is 0 Å². The van der Waals surface area contributed by atoms with E-state index in [-0.39, 0.29) is 0 Å². The van der Waals surface area contributed by atoms with Crippen LogP contribution in [0.25, 0.3) is 0 Å². The summed E-state index contributed by atoms with van der Waals surface area (Å²) in [7, 11) is 1.00. The van der Waals surface area contributed by atoms with Crippen LogP contribution in [0.4, 0.5) is 0 Å². The van der Waals surface area contributed by atoms with Crippen LogP contribution in [-0.2, 0) is 23.2 Å². The molecule has 0 rings (SSSR count). The zero-order valence-corrected chi connectivity index (χ0v) is 5.20. The Morgan fingerprint density at radius 2 is 1.50 bits per heavy atom. The predicted octanol–water partition coefficient (Wildman–Crippen LogP) is -0.513. The molecule has 0 bridgehead atoms. The maximum absolute atomic E-state index is 8.33. The number of hydrogen-bond donors (Lipinski definition) is 1. The summed E-state index contributed by atoms with van der Waals surface area (Å²) in [6.07, 6.45) is 0. The zero-order valence-electron chi connectivity index (χ0n) is 2.26. The van der Waals surface area contributed by atoms with E-state index in [1.807, 2.05) is 0 Å². The third kappa shape index (κ3) is 25.6. The summed E-state index contributed by atoms with van der Waals surface area (Å²) in [5.74, 6) is 0. The summed E-state index contributed by atoms with van der Waals surface area (Å²) in [4.78, 5) is 0. The number of aliphatic hydroxyl groups is 1. The number of aliphatic hydroxyl groups excluding tert-OH is 1. The monoisotopic (exact) mass is 232 g/mol. The van der Waals surface area contributed by atoms with Gasteiger partial charge in [0.25, 0.3) is 0 Å². The van der Waals surface area contributed by atoms with Crippen LogP contribution in [0.15, 0.2) is 0 Å². The van der Waals surface area contributed by atoms with Gasteiger partial charge < -0.3 is 5.11 Å². The average molecular weight is 232 g/mol. The maximum atomic E-state index is 8.33. The molecule has 0 spiro atoms. The van der Waals surface area contributed by atoms with Crippen molar-refractivity contribution in [1.29, 1.82) is 0 Å². The molecular weight excluding hydrogens is 228 g/mol. The van der Waals surface area contributed by atoms with Crippen molar-refractivity contribution in [1.82, 2.24) is 0 Å². The van der Waals surface area contributed by atoms with Crippen LogP contribution in [0.2, 0.25) is 0 Å². The van der Waals surface area contributed by atoms with Gasteiger partial charge in [-0.15, -0.1) is 0 Å². The fourth-order valence-electron chi connectivity index (χ4n) is 0. The summed E-state index contributed by atoms with van der Waals surface area (Å²) in [6, 6.07) is 0. The SMILES string of the molecule is CO.[O]=[W]. The van der Waals surface area contributed by atoms with Crippen LogP contribution < -0.4 is 0 Å². The number of hydrogen-bond acceptors (Lipinski definition) is 2. The first-order valence-electron chi connectivity index (χ1n) is 0.614. The van der Waals surface area contributed by atoms with Gasteiger partial charge in [-0.3, -0.25) is 0 Å². The Morgan fingerprint density at radius 1 is 1.50 bits per heavy atom. The van der Waals surface area contributed by atoms with Gasteiger partial charge >= 0.3 is 23.2 Å². The summed E-state index contributed by atoms with van der Waals surface area (Å²) >= 11 is 0.333. The first-order valence-corrected chi connectivity index (χ1v) is 1.81. The van der Waals surface area contributed by atoms with Crippen LogP contribution >= 0.6 is 0 Å². The van der Waals surface area contributed by atoms with Crippen molar-refractivity contribution in [3.8, 4) is 0 Å². The molecule has 0 radical (unpaired) electrons. The topological polar surface area (TPSA) is 37.3 Å². The van der Waals surface area contributed by atoms with Gasteiger partial charge in [0, 0.05) is 7.11 Å². The average Bonchev–Trinajstić information content (AvgIpc) is 1.50. The van der Waals surface area contributed by atoms with Crippen molar-refractivity contribution in [3.05, 3.63) is 0 Å². The van der Waals surface area contributed by atoms with Gasteiger partial charge in [-0.2, -0.15) is 0 Å². The van der Waals surface area contributed by atoms with Crippen molar-refractivity contribution >= 4 is 0 Å². The van der Waals surface area contributed by atoms with Gasteiger partial charge in [0.2, 0.25) is 0 Å². The van der Waals surface area contributed by atoms with Crippen molar-refractivity contribution in [2.45, 2.75) is 0 Å². The molecule has 0 amide bonds. The molecule has 0 aromatic rings. The molecule has 0 atom stereocenters. The van der Waals surface area contributed by atoms with Crippen LogP contribution in [0.3, 0.4) is 0 Å². The molecular formula is CH4O2W. The molecule has 3 heteroatoms. The summed E-state index contributed by atoms with van der Waals surface area (Å²) in [5, 5.41) is 7.00. The van der Waals surface area contributed by atoms with Gasteiger partial charge in [0.05, 0.1) is 0 Å². The van der Waals surface area contributed by atoms with E-state index in [1.54, 1.807) is 0 Å². The van der Waals surface area contributed by atoms with Crippen molar-refractivity contribution in [2.75, 3.05) is 7.11 Å². The molecule has 2 nitrogen and oxygen atoms in total. The van der Waals surface area contributed by atoms with E-state index in [4.69, 9.17) is 8.50 Å². The van der Waals surface area contributed by atoms with E-state index in [9.17, 15) is 0 Å². The van der Waals surface area contributed by atoms with E-state index in [1.165, 1.54) is 0 Å². The molecule has 0 aromatic heterocycles. The molecule has 0 saturated carbocycles. The first-order chi connectivity index (χ1) is 2.00. The Bertz CT molecular complexity index is 6.00. The second kappa shape index (κ2) is 103. The molecule has 4 heavy (non-hydrogen) atoms. The molecule has 0 aromatic carbocycles. The van der Waals surface area contributed by atoms with Crippen LogP contribution in [0.1, 0.15) is 0 Å². The fourth-order valence-corrected chi connectivity index (χ4v) is 0.